The number of hydrogen-bond acceptors (Lipinski definition) is 6. The summed E-state index contributed by atoms with van der Waals surface area (Å²) >= 11 is 1.21. The molecular weight excluding hydrogens is 646 g/mol. The van der Waals surface area contributed by atoms with Crippen molar-refractivity contribution in [3.05, 3.63) is 111 Å². The lowest BCUT2D eigenvalue weighted by atomic mass is 10.0. The maximum Gasteiger partial charge on any atom is 0.416 e. The van der Waals surface area contributed by atoms with E-state index in [2.05, 4.69) is 15.4 Å². The Balaban J connectivity index is 1.59. The Labute approximate surface area is 280 Å². The first-order chi connectivity index (χ1) is 22.9. The standard InChI is InChI=1S/C35H37F4N5O3S/c1-4-6-30(40-23(3)45)20-43(19-24-7-11-26(12-8-24)27-13-15-28(16-14-27)35(37,38)39)32(46)21-44-34(41-33(47)31(5-2)42-44)48-22-25-9-17-29(36)18-10-25/h7-18,30H,4-6,19-22H2,1-3H3,(H,40,45). The van der Waals surface area contributed by atoms with Crippen molar-refractivity contribution >= 4 is 23.6 Å². The van der Waals surface area contributed by atoms with Crippen LogP contribution in [0.2, 0.25) is 0 Å². The highest BCUT2D eigenvalue weighted by Gasteiger charge is 2.30. The predicted molar refractivity (Wildman–Crippen MR) is 176 cm³/mol. The number of rotatable bonds is 14. The predicted octanol–water partition coefficient (Wildman–Crippen LogP) is 6.65. The van der Waals surface area contributed by atoms with Gasteiger partial charge in [-0.25, -0.2) is 9.07 Å². The molecule has 0 saturated carbocycles. The minimum Gasteiger partial charge on any atom is -0.352 e. The van der Waals surface area contributed by atoms with Gasteiger partial charge in [-0.15, -0.1) is 0 Å². The number of nitrogens with zero attached hydrogens (tertiary/aromatic N) is 4. The first-order valence-corrected chi connectivity index (χ1v) is 16.5. The molecule has 0 aliphatic carbocycles. The lowest BCUT2D eigenvalue weighted by Crippen LogP contribution is -2.46. The van der Waals surface area contributed by atoms with E-state index in [1.165, 1.54) is 47.6 Å². The molecule has 3 aromatic carbocycles. The maximum atomic E-state index is 14.0. The fourth-order valence-corrected chi connectivity index (χ4v) is 5.96. The van der Waals surface area contributed by atoms with Crippen molar-refractivity contribution in [2.75, 3.05) is 6.54 Å². The van der Waals surface area contributed by atoms with Gasteiger partial charge >= 0.3 is 6.18 Å². The number of nitrogens with one attached hydrogen (secondary N) is 1. The van der Waals surface area contributed by atoms with Gasteiger partial charge in [-0.3, -0.25) is 14.4 Å². The summed E-state index contributed by atoms with van der Waals surface area (Å²) in [6.45, 7) is 5.33. The summed E-state index contributed by atoms with van der Waals surface area (Å²) in [5.74, 6) is -0.547. The van der Waals surface area contributed by atoms with E-state index in [0.29, 0.717) is 29.7 Å². The molecule has 2 amide bonds. The van der Waals surface area contributed by atoms with E-state index in [-0.39, 0.29) is 54.2 Å². The third-order valence-corrected chi connectivity index (χ3v) is 8.56. The molecule has 0 aliphatic heterocycles. The van der Waals surface area contributed by atoms with Crippen LogP contribution < -0.4 is 10.9 Å². The first kappa shape index (κ1) is 36.3. The Morgan fingerprint density at radius 1 is 0.938 bits per heavy atom. The normalized spacial score (nSPS) is 12.1. The SMILES string of the molecule is CCCC(CN(Cc1ccc(-c2ccc(C(F)(F)F)cc2)cc1)C(=O)Cn1nc(CC)c(=O)nc1SCc1ccc(F)cc1)NC(C)=O. The quantitative estimate of drug-likeness (QED) is 0.118. The summed E-state index contributed by atoms with van der Waals surface area (Å²) in [6, 6.07) is 17.7. The highest BCUT2D eigenvalue weighted by Crippen LogP contribution is 2.31. The van der Waals surface area contributed by atoms with Crippen molar-refractivity contribution in [2.24, 2.45) is 0 Å². The van der Waals surface area contributed by atoms with Gasteiger partial charge in [0.2, 0.25) is 11.8 Å². The third-order valence-electron chi connectivity index (χ3n) is 7.52. The number of carbonyl (C=O) groups excluding carboxylic acids is 2. The van der Waals surface area contributed by atoms with Crippen LogP contribution in [0.5, 0.6) is 0 Å². The third kappa shape index (κ3) is 10.2. The van der Waals surface area contributed by atoms with Gasteiger partial charge in [0.25, 0.3) is 5.56 Å². The van der Waals surface area contributed by atoms with Crippen molar-refractivity contribution in [1.82, 2.24) is 25.0 Å². The summed E-state index contributed by atoms with van der Waals surface area (Å²) in [5.41, 5.74) is 1.89. The van der Waals surface area contributed by atoms with Gasteiger partial charge < -0.3 is 10.2 Å². The second kappa shape index (κ2) is 16.5. The molecular formula is C35H37F4N5O3S. The number of amides is 2. The van der Waals surface area contributed by atoms with Gasteiger partial charge in [0, 0.05) is 31.8 Å². The molecule has 0 saturated heterocycles. The van der Waals surface area contributed by atoms with Crippen LogP contribution >= 0.6 is 11.8 Å². The van der Waals surface area contributed by atoms with Gasteiger partial charge in [0.05, 0.1) is 5.56 Å². The first-order valence-electron chi connectivity index (χ1n) is 15.5. The van der Waals surface area contributed by atoms with E-state index < -0.39 is 17.3 Å². The van der Waals surface area contributed by atoms with Crippen LogP contribution in [0, 0.1) is 5.82 Å². The monoisotopic (exact) mass is 683 g/mol. The van der Waals surface area contributed by atoms with Crippen LogP contribution in [0.25, 0.3) is 11.1 Å². The number of aromatic nitrogens is 3. The Hall–Kier alpha value is -4.52. The number of benzene rings is 3. The van der Waals surface area contributed by atoms with Crippen molar-refractivity contribution in [1.29, 1.82) is 0 Å². The van der Waals surface area contributed by atoms with Crippen molar-refractivity contribution in [2.45, 2.75) is 76.3 Å². The molecule has 8 nitrogen and oxygen atoms in total. The Bertz CT molecular complexity index is 1750. The lowest BCUT2D eigenvalue weighted by molar-refractivity contribution is -0.137. The zero-order valence-corrected chi connectivity index (χ0v) is 27.7. The van der Waals surface area contributed by atoms with Gasteiger partial charge in [0.15, 0.2) is 5.16 Å². The fourth-order valence-electron chi connectivity index (χ4n) is 5.07. The number of alkyl halides is 3. The molecule has 0 aliphatic rings. The van der Waals surface area contributed by atoms with E-state index >= 15 is 0 Å². The number of halogens is 4. The largest absolute Gasteiger partial charge is 0.416 e. The topological polar surface area (TPSA) is 97.2 Å². The molecule has 1 aromatic heterocycles. The van der Waals surface area contributed by atoms with Gasteiger partial charge in [-0.2, -0.15) is 23.3 Å². The average molecular weight is 684 g/mol. The molecule has 0 radical (unpaired) electrons. The smallest absolute Gasteiger partial charge is 0.352 e. The molecule has 1 N–H and O–H groups in total. The minimum atomic E-state index is -4.42. The second-order valence-corrected chi connectivity index (χ2v) is 12.2. The molecule has 0 spiro atoms. The zero-order valence-electron chi connectivity index (χ0n) is 26.9. The second-order valence-electron chi connectivity index (χ2n) is 11.3. The molecule has 1 unspecified atom stereocenters. The van der Waals surface area contributed by atoms with Crippen LogP contribution in [0.3, 0.4) is 0 Å². The van der Waals surface area contributed by atoms with E-state index in [9.17, 15) is 31.9 Å². The molecule has 0 bridgehead atoms. The molecule has 48 heavy (non-hydrogen) atoms. The van der Waals surface area contributed by atoms with Gasteiger partial charge in [0.1, 0.15) is 18.1 Å². The van der Waals surface area contributed by atoms with Crippen LogP contribution in [0.15, 0.2) is 82.7 Å². The summed E-state index contributed by atoms with van der Waals surface area (Å²) in [5, 5.41) is 7.61. The number of aryl methyl sites for hydroxylation is 1. The lowest BCUT2D eigenvalue weighted by Gasteiger charge is -2.29. The molecule has 254 valence electrons. The van der Waals surface area contributed by atoms with Gasteiger partial charge in [-0.05, 0) is 59.4 Å². The summed E-state index contributed by atoms with van der Waals surface area (Å²) in [6.07, 6.45) is -2.71. The van der Waals surface area contributed by atoms with Crippen LogP contribution in [0.1, 0.15) is 56.0 Å². The van der Waals surface area contributed by atoms with Gasteiger partial charge in [-0.1, -0.05) is 80.6 Å². The Morgan fingerprint density at radius 2 is 1.54 bits per heavy atom. The number of hydrogen-bond donors (Lipinski definition) is 1. The highest BCUT2D eigenvalue weighted by molar-refractivity contribution is 7.98. The number of thioether (sulfide) groups is 1. The average Bonchev–Trinajstić information content (AvgIpc) is 3.05. The van der Waals surface area contributed by atoms with Crippen LogP contribution in [-0.4, -0.2) is 44.1 Å². The summed E-state index contributed by atoms with van der Waals surface area (Å²) < 4.78 is 53.9. The summed E-state index contributed by atoms with van der Waals surface area (Å²) in [7, 11) is 0. The molecule has 1 heterocycles. The highest BCUT2D eigenvalue weighted by atomic mass is 32.2. The van der Waals surface area contributed by atoms with E-state index in [1.54, 1.807) is 48.2 Å². The Kier molecular flexibility index (Phi) is 12.5. The van der Waals surface area contributed by atoms with Crippen molar-refractivity contribution < 1.29 is 27.2 Å². The molecule has 1 atom stereocenters. The summed E-state index contributed by atoms with van der Waals surface area (Å²) in [4.78, 5) is 44.4. The van der Waals surface area contributed by atoms with Crippen molar-refractivity contribution in [3.63, 3.8) is 0 Å². The van der Waals surface area contributed by atoms with E-state index in [0.717, 1.165) is 29.7 Å². The van der Waals surface area contributed by atoms with Crippen LogP contribution in [-0.2, 0) is 41.0 Å². The minimum absolute atomic E-state index is 0.179. The molecule has 0 fully saturated rings. The zero-order chi connectivity index (χ0) is 34.8. The Morgan fingerprint density at radius 3 is 2.10 bits per heavy atom. The van der Waals surface area contributed by atoms with E-state index in [1.807, 2.05) is 6.92 Å². The van der Waals surface area contributed by atoms with Crippen molar-refractivity contribution in [3.8, 4) is 11.1 Å². The maximum absolute atomic E-state index is 14.0. The molecule has 4 rings (SSSR count). The fraction of sp³-hybridized carbons (Fsp3) is 0.343. The molecule has 4 aromatic rings. The van der Waals surface area contributed by atoms with E-state index in [4.69, 9.17) is 0 Å². The number of carbonyl (C=O) groups is 2. The molecule has 13 heteroatoms. The van der Waals surface area contributed by atoms with Crippen LogP contribution in [0.4, 0.5) is 17.6 Å².